The van der Waals surface area contributed by atoms with Crippen LogP contribution in [0.3, 0.4) is 0 Å². The van der Waals surface area contributed by atoms with Gasteiger partial charge in [0.15, 0.2) is 0 Å². The van der Waals surface area contributed by atoms with Crippen LogP contribution in [0.15, 0.2) is 17.0 Å². The maximum Gasteiger partial charge on any atom is 0.338 e. The highest BCUT2D eigenvalue weighted by Crippen LogP contribution is 2.25. The molecule has 0 aromatic heterocycles. The molecule has 0 bridgehead atoms. The summed E-state index contributed by atoms with van der Waals surface area (Å²) in [7, 11) is 1.09. The molecule has 1 heterocycles. The molecule has 2 rings (SSSR count). The van der Waals surface area contributed by atoms with Gasteiger partial charge in [-0.1, -0.05) is 0 Å². The predicted molar refractivity (Wildman–Crippen MR) is 73.4 cm³/mol. The minimum absolute atomic E-state index is 0.0686. The van der Waals surface area contributed by atoms with E-state index in [9.17, 15) is 17.6 Å². The highest BCUT2D eigenvalue weighted by Gasteiger charge is 2.23. The first-order valence-electron chi connectivity index (χ1n) is 6.28. The molecule has 116 valence electrons. The average molecular weight is 337 g/mol. The van der Waals surface area contributed by atoms with Gasteiger partial charge in [0.2, 0.25) is 0 Å². The van der Waals surface area contributed by atoms with Gasteiger partial charge in [-0.3, -0.25) is 0 Å². The summed E-state index contributed by atoms with van der Waals surface area (Å²) < 4.78 is 46.5. The summed E-state index contributed by atoms with van der Waals surface area (Å²) in [5.74, 6) is -1.53. The summed E-state index contributed by atoms with van der Waals surface area (Å²) in [6.45, 7) is 2.66. The molecule has 1 fully saturated rings. The molecule has 1 saturated heterocycles. The Bertz CT molecular complexity index is 653. The summed E-state index contributed by atoms with van der Waals surface area (Å²) in [6, 6.07) is 1.72. The van der Waals surface area contributed by atoms with Crippen molar-refractivity contribution in [3.05, 3.63) is 29.1 Å². The molecule has 0 radical (unpaired) electrons. The van der Waals surface area contributed by atoms with E-state index in [1.54, 1.807) is 0 Å². The van der Waals surface area contributed by atoms with Gasteiger partial charge >= 0.3 is 5.97 Å². The van der Waals surface area contributed by atoms with Gasteiger partial charge in [-0.25, -0.2) is 17.6 Å². The second-order valence-electron chi connectivity index (χ2n) is 4.84. The van der Waals surface area contributed by atoms with Gasteiger partial charge in [0.1, 0.15) is 5.82 Å². The molecule has 0 spiro atoms. The van der Waals surface area contributed by atoms with Crippen molar-refractivity contribution in [2.24, 2.45) is 5.92 Å². The van der Waals surface area contributed by atoms with E-state index in [4.69, 9.17) is 20.2 Å². The third-order valence-electron chi connectivity index (χ3n) is 3.28. The second kappa shape index (κ2) is 6.29. The van der Waals surface area contributed by atoms with E-state index in [1.807, 2.05) is 0 Å². The number of rotatable bonds is 4. The minimum Gasteiger partial charge on any atom is -0.462 e. The van der Waals surface area contributed by atoms with Crippen LogP contribution in [0.2, 0.25) is 0 Å². The Balaban J connectivity index is 2.22. The van der Waals surface area contributed by atoms with E-state index in [-0.39, 0.29) is 23.7 Å². The van der Waals surface area contributed by atoms with Crippen molar-refractivity contribution in [3.8, 4) is 0 Å². The zero-order valence-electron chi connectivity index (χ0n) is 11.3. The molecule has 1 unspecified atom stereocenters. The summed E-state index contributed by atoms with van der Waals surface area (Å²) in [4.78, 5) is 11.6. The smallest absolute Gasteiger partial charge is 0.338 e. The molecular weight excluding hydrogens is 323 g/mol. The van der Waals surface area contributed by atoms with E-state index < -0.39 is 25.7 Å². The van der Waals surface area contributed by atoms with Gasteiger partial charge in [-0.05, 0) is 31.0 Å². The van der Waals surface area contributed by atoms with Crippen LogP contribution in [0.4, 0.5) is 4.39 Å². The van der Waals surface area contributed by atoms with E-state index in [1.165, 1.54) is 6.92 Å². The van der Waals surface area contributed by atoms with Crippen molar-refractivity contribution in [2.45, 2.75) is 18.2 Å². The van der Waals surface area contributed by atoms with E-state index in [2.05, 4.69) is 0 Å². The van der Waals surface area contributed by atoms with Crippen molar-refractivity contribution < 1.29 is 27.1 Å². The van der Waals surface area contributed by atoms with Crippen molar-refractivity contribution >= 4 is 25.7 Å². The highest BCUT2D eigenvalue weighted by molar-refractivity contribution is 8.13. The average Bonchev–Trinajstić information content (AvgIpc) is 2.90. The molecule has 0 aliphatic carbocycles. The van der Waals surface area contributed by atoms with Crippen LogP contribution in [-0.4, -0.2) is 34.2 Å². The third-order valence-corrected chi connectivity index (χ3v) is 4.73. The molecule has 0 amide bonds. The molecule has 8 heteroatoms. The van der Waals surface area contributed by atoms with Crippen LogP contribution in [0.5, 0.6) is 0 Å². The number of carbonyl (C=O) groups is 1. The molecule has 1 aromatic carbocycles. The lowest BCUT2D eigenvalue weighted by Crippen LogP contribution is -2.16. The van der Waals surface area contributed by atoms with Crippen molar-refractivity contribution in [2.75, 3.05) is 19.8 Å². The van der Waals surface area contributed by atoms with Crippen molar-refractivity contribution in [1.29, 1.82) is 0 Å². The maximum atomic E-state index is 13.5. The van der Waals surface area contributed by atoms with Crippen molar-refractivity contribution in [1.82, 2.24) is 0 Å². The molecule has 0 N–H and O–H groups in total. The zero-order chi connectivity index (χ0) is 15.6. The lowest BCUT2D eigenvalue weighted by Gasteiger charge is -2.12. The fraction of sp³-hybridized carbons (Fsp3) is 0.462. The first-order valence-corrected chi connectivity index (χ1v) is 8.59. The lowest BCUT2D eigenvalue weighted by molar-refractivity contribution is 0.0426. The van der Waals surface area contributed by atoms with Gasteiger partial charge in [-0.2, -0.15) is 0 Å². The van der Waals surface area contributed by atoms with Gasteiger partial charge in [0, 0.05) is 23.2 Å². The number of esters is 1. The summed E-state index contributed by atoms with van der Waals surface area (Å²) >= 11 is 0. The minimum atomic E-state index is -4.14. The van der Waals surface area contributed by atoms with Crippen LogP contribution in [0.1, 0.15) is 22.3 Å². The third kappa shape index (κ3) is 3.93. The van der Waals surface area contributed by atoms with Gasteiger partial charge < -0.3 is 9.47 Å². The van der Waals surface area contributed by atoms with Gasteiger partial charge in [-0.15, -0.1) is 0 Å². The number of benzene rings is 1. The number of hydrogen-bond acceptors (Lipinski definition) is 5. The Morgan fingerprint density at radius 1 is 1.52 bits per heavy atom. The molecule has 1 aliphatic rings. The van der Waals surface area contributed by atoms with Gasteiger partial charge in [0.25, 0.3) is 9.05 Å². The summed E-state index contributed by atoms with van der Waals surface area (Å²) in [5, 5.41) is 0. The Morgan fingerprint density at radius 2 is 2.24 bits per heavy atom. The monoisotopic (exact) mass is 336 g/mol. The Kier molecular flexibility index (Phi) is 4.85. The fourth-order valence-corrected chi connectivity index (χ4v) is 3.32. The summed E-state index contributed by atoms with van der Waals surface area (Å²) in [5.41, 5.74) is -0.0767. The van der Waals surface area contributed by atoms with E-state index in [0.29, 0.717) is 13.2 Å². The number of ether oxygens (including phenoxy) is 2. The first kappa shape index (κ1) is 16.2. The van der Waals surface area contributed by atoms with Crippen LogP contribution >= 0.6 is 10.7 Å². The van der Waals surface area contributed by atoms with Crippen LogP contribution < -0.4 is 0 Å². The number of carbonyl (C=O) groups excluding carboxylic acids is 1. The first-order chi connectivity index (χ1) is 9.79. The van der Waals surface area contributed by atoms with Gasteiger partial charge in [0.05, 0.1) is 23.7 Å². The van der Waals surface area contributed by atoms with Crippen LogP contribution in [0.25, 0.3) is 0 Å². The molecular formula is C13H14ClFO5S. The largest absolute Gasteiger partial charge is 0.462 e. The van der Waals surface area contributed by atoms with Crippen LogP contribution in [0, 0.1) is 18.7 Å². The topological polar surface area (TPSA) is 69.7 Å². The summed E-state index contributed by atoms with van der Waals surface area (Å²) in [6.07, 6.45) is 0.788. The highest BCUT2D eigenvalue weighted by atomic mass is 35.7. The Morgan fingerprint density at radius 3 is 2.81 bits per heavy atom. The quantitative estimate of drug-likeness (QED) is 0.623. The van der Waals surface area contributed by atoms with Crippen LogP contribution in [-0.2, 0) is 18.5 Å². The molecule has 0 saturated carbocycles. The molecule has 1 atom stereocenters. The second-order valence-corrected chi connectivity index (χ2v) is 7.38. The van der Waals surface area contributed by atoms with E-state index >= 15 is 0 Å². The normalized spacial score (nSPS) is 18.7. The number of hydrogen-bond donors (Lipinski definition) is 0. The predicted octanol–water partition coefficient (Wildman–Crippen LogP) is 2.25. The number of halogens is 2. The Labute approximate surface area is 126 Å². The fourth-order valence-electron chi connectivity index (χ4n) is 2.11. The molecule has 1 aliphatic heterocycles. The van der Waals surface area contributed by atoms with E-state index in [0.717, 1.165) is 18.6 Å². The molecule has 21 heavy (non-hydrogen) atoms. The zero-order valence-corrected chi connectivity index (χ0v) is 12.8. The SMILES string of the molecule is Cc1c(C(=O)OCC2CCOC2)cc(F)cc1S(=O)(=O)Cl. The molecule has 1 aromatic rings. The van der Waals surface area contributed by atoms with Crippen molar-refractivity contribution in [3.63, 3.8) is 0 Å². The standard InChI is InChI=1S/C13H14ClFO5S/c1-8-11(4-10(15)5-12(8)21(14,17)18)13(16)20-7-9-2-3-19-6-9/h4-5,9H,2-3,6-7H2,1H3. The maximum absolute atomic E-state index is 13.5. The molecule has 5 nitrogen and oxygen atoms in total. The lowest BCUT2D eigenvalue weighted by atomic mass is 10.1. The Hall–Kier alpha value is -1.18.